The Morgan fingerprint density at radius 1 is 1.27 bits per heavy atom. The summed E-state index contributed by atoms with van der Waals surface area (Å²) < 4.78 is 40.4. The van der Waals surface area contributed by atoms with Gasteiger partial charge in [-0.05, 0) is 30.3 Å². The quantitative estimate of drug-likeness (QED) is 0.405. The molecule has 156 valence electrons. The van der Waals surface area contributed by atoms with Gasteiger partial charge in [-0.25, -0.2) is 0 Å². The molecule has 0 atom stereocenters. The van der Waals surface area contributed by atoms with E-state index in [0.29, 0.717) is 23.2 Å². The topological polar surface area (TPSA) is 72.7 Å². The Morgan fingerprint density at radius 3 is 2.73 bits per heavy atom. The van der Waals surface area contributed by atoms with Gasteiger partial charge in [-0.15, -0.1) is 16.8 Å². The summed E-state index contributed by atoms with van der Waals surface area (Å²) in [5, 5.41) is 11.1. The van der Waals surface area contributed by atoms with Crippen LogP contribution in [0.5, 0.6) is 0 Å². The Labute approximate surface area is 179 Å². The minimum Gasteiger partial charge on any atom is -0.324 e. The van der Waals surface area contributed by atoms with Gasteiger partial charge in [-0.2, -0.15) is 13.2 Å². The minimum absolute atomic E-state index is 0.00797. The highest BCUT2D eigenvalue weighted by atomic mass is 35.5. The Balaban J connectivity index is 1.73. The SMILES string of the molecule is C=CCn1c(SCC(=O)Nc2cc(C(F)(F)F)ccc2Cl)nnc1-c1ccccn1. The molecule has 2 heterocycles. The number of nitrogens with zero attached hydrogens (tertiary/aromatic N) is 4. The van der Waals surface area contributed by atoms with Crippen molar-refractivity contribution in [2.45, 2.75) is 17.9 Å². The molecule has 0 unspecified atom stereocenters. The zero-order valence-corrected chi connectivity index (χ0v) is 16.9. The number of carbonyl (C=O) groups is 1. The number of alkyl halides is 3. The van der Waals surface area contributed by atoms with Crippen LogP contribution in [0, 0.1) is 0 Å². The van der Waals surface area contributed by atoms with Crippen LogP contribution in [0.25, 0.3) is 11.5 Å². The summed E-state index contributed by atoms with van der Waals surface area (Å²) in [6.45, 7) is 4.10. The van der Waals surface area contributed by atoms with E-state index in [0.717, 1.165) is 30.0 Å². The lowest BCUT2D eigenvalue weighted by atomic mass is 10.2. The number of benzene rings is 1. The molecule has 0 saturated carbocycles. The first kappa shape index (κ1) is 21.8. The van der Waals surface area contributed by atoms with E-state index in [-0.39, 0.29) is 16.5 Å². The van der Waals surface area contributed by atoms with Gasteiger partial charge < -0.3 is 5.32 Å². The second-order valence-corrected chi connectivity index (χ2v) is 7.30. The van der Waals surface area contributed by atoms with Crippen LogP contribution in [0.3, 0.4) is 0 Å². The number of rotatable bonds is 7. The molecule has 0 radical (unpaired) electrons. The van der Waals surface area contributed by atoms with Crippen LogP contribution in [-0.4, -0.2) is 31.4 Å². The van der Waals surface area contributed by atoms with Crippen LogP contribution in [-0.2, 0) is 17.5 Å². The Morgan fingerprint density at radius 2 is 2.07 bits per heavy atom. The molecule has 30 heavy (non-hydrogen) atoms. The van der Waals surface area contributed by atoms with Crippen molar-refractivity contribution < 1.29 is 18.0 Å². The van der Waals surface area contributed by atoms with E-state index in [4.69, 9.17) is 11.6 Å². The van der Waals surface area contributed by atoms with Gasteiger partial charge in [0.05, 0.1) is 22.0 Å². The van der Waals surface area contributed by atoms with Crippen molar-refractivity contribution >= 4 is 35.0 Å². The molecule has 3 rings (SSSR count). The highest BCUT2D eigenvalue weighted by Crippen LogP contribution is 2.34. The summed E-state index contributed by atoms with van der Waals surface area (Å²) >= 11 is 6.99. The maximum atomic E-state index is 12.9. The Bertz CT molecular complexity index is 1060. The van der Waals surface area contributed by atoms with E-state index in [1.54, 1.807) is 29.0 Å². The van der Waals surface area contributed by atoms with E-state index in [1.807, 2.05) is 6.07 Å². The van der Waals surface area contributed by atoms with E-state index in [9.17, 15) is 18.0 Å². The molecule has 0 fully saturated rings. The van der Waals surface area contributed by atoms with Crippen molar-refractivity contribution in [3.63, 3.8) is 0 Å². The number of hydrogen-bond acceptors (Lipinski definition) is 5. The first-order valence-electron chi connectivity index (χ1n) is 8.54. The smallest absolute Gasteiger partial charge is 0.324 e. The molecule has 0 spiro atoms. The predicted molar refractivity (Wildman–Crippen MR) is 109 cm³/mol. The lowest BCUT2D eigenvalue weighted by Crippen LogP contribution is -2.16. The number of halogens is 4. The average molecular weight is 454 g/mol. The standard InChI is InChI=1S/C19H15ClF3N5OS/c1-2-9-28-17(14-5-3-4-8-24-14)26-27-18(28)30-11-16(29)25-15-10-12(19(21,22)23)6-7-13(15)20/h2-8,10H,1,9,11H2,(H,25,29). The van der Waals surface area contributed by atoms with Crippen molar-refractivity contribution in [3.8, 4) is 11.5 Å². The van der Waals surface area contributed by atoms with E-state index >= 15 is 0 Å². The third-order valence-corrected chi connectivity index (χ3v) is 5.12. The van der Waals surface area contributed by atoms with Gasteiger partial charge in [0.1, 0.15) is 5.69 Å². The van der Waals surface area contributed by atoms with Gasteiger partial charge in [0.2, 0.25) is 5.91 Å². The van der Waals surface area contributed by atoms with Crippen LogP contribution in [0.1, 0.15) is 5.56 Å². The zero-order valence-electron chi connectivity index (χ0n) is 15.4. The van der Waals surface area contributed by atoms with Crippen LogP contribution in [0.4, 0.5) is 18.9 Å². The normalized spacial score (nSPS) is 11.3. The summed E-state index contributed by atoms with van der Waals surface area (Å²) in [4.78, 5) is 16.5. The second kappa shape index (κ2) is 9.31. The molecule has 6 nitrogen and oxygen atoms in total. The summed E-state index contributed by atoms with van der Waals surface area (Å²) in [6, 6.07) is 8.10. The number of carbonyl (C=O) groups excluding carboxylic acids is 1. The van der Waals surface area contributed by atoms with Gasteiger partial charge in [0, 0.05) is 12.7 Å². The lowest BCUT2D eigenvalue weighted by molar-refractivity contribution is -0.137. The molecule has 3 aromatic rings. The number of hydrogen-bond donors (Lipinski definition) is 1. The van der Waals surface area contributed by atoms with Crippen LogP contribution >= 0.6 is 23.4 Å². The number of allylic oxidation sites excluding steroid dienone is 1. The Hall–Kier alpha value is -2.85. The highest BCUT2D eigenvalue weighted by molar-refractivity contribution is 7.99. The highest BCUT2D eigenvalue weighted by Gasteiger charge is 2.31. The van der Waals surface area contributed by atoms with E-state index < -0.39 is 17.6 Å². The first-order chi connectivity index (χ1) is 14.3. The summed E-state index contributed by atoms with van der Waals surface area (Å²) in [5.74, 6) is -0.127. The molecule has 0 aliphatic heterocycles. The van der Waals surface area contributed by atoms with Gasteiger partial charge in [-0.1, -0.05) is 35.5 Å². The zero-order chi connectivity index (χ0) is 21.7. The summed E-state index contributed by atoms with van der Waals surface area (Å²) in [5.41, 5.74) is -0.404. The van der Waals surface area contributed by atoms with E-state index in [2.05, 4.69) is 27.1 Å². The predicted octanol–water partition coefficient (Wildman–Crippen LogP) is 4.93. The van der Waals surface area contributed by atoms with Gasteiger partial charge in [0.15, 0.2) is 11.0 Å². The molecule has 0 aliphatic carbocycles. The third-order valence-electron chi connectivity index (χ3n) is 3.82. The summed E-state index contributed by atoms with van der Waals surface area (Å²) in [6.07, 6.45) is -1.26. The average Bonchev–Trinajstić information content (AvgIpc) is 3.11. The van der Waals surface area contributed by atoms with Crippen LogP contribution < -0.4 is 5.32 Å². The molecule has 0 aliphatic rings. The molecule has 1 N–H and O–H groups in total. The molecule has 0 bridgehead atoms. The van der Waals surface area contributed by atoms with Gasteiger partial charge >= 0.3 is 6.18 Å². The third kappa shape index (κ3) is 5.19. The molecule has 11 heteroatoms. The number of nitrogens with one attached hydrogen (secondary N) is 1. The van der Waals surface area contributed by atoms with Gasteiger partial charge in [0.25, 0.3) is 0 Å². The lowest BCUT2D eigenvalue weighted by Gasteiger charge is -2.11. The van der Waals surface area contributed by atoms with Crippen molar-refractivity contribution in [3.05, 3.63) is 65.8 Å². The number of anilines is 1. The molecule has 0 saturated heterocycles. The molecular formula is C19H15ClF3N5OS. The van der Waals surface area contributed by atoms with Gasteiger partial charge in [-0.3, -0.25) is 14.3 Å². The maximum absolute atomic E-state index is 12.9. The molecule has 2 aromatic heterocycles. The fourth-order valence-corrected chi connectivity index (χ4v) is 3.40. The molecule has 1 aromatic carbocycles. The number of aromatic nitrogens is 4. The molecular weight excluding hydrogens is 439 g/mol. The van der Waals surface area contributed by atoms with Crippen LogP contribution in [0.15, 0.2) is 60.4 Å². The first-order valence-corrected chi connectivity index (χ1v) is 9.91. The van der Waals surface area contributed by atoms with Crippen molar-refractivity contribution in [1.82, 2.24) is 19.7 Å². The van der Waals surface area contributed by atoms with Crippen LogP contribution in [0.2, 0.25) is 5.02 Å². The second-order valence-electron chi connectivity index (χ2n) is 5.95. The fourth-order valence-electron chi connectivity index (χ4n) is 2.49. The maximum Gasteiger partial charge on any atom is 0.416 e. The fraction of sp³-hybridized carbons (Fsp3) is 0.158. The van der Waals surface area contributed by atoms with Crippen molar-refractivity contribution in [1.29, 1.82) is 0 Å². The monoisotopic (exact) mass is 453 g/mol. The summed E-state index contributed by atoms with van der Waals surface area (Å²) in [7, 11) is 0. The Kier molecular flexibility index (Phi) is 6.78. The number of amides is 1. The number of thioether (sulfide) groups is 1. The van der Waals surface area contributed by atoms with Crippen molar-refractivity contribution in [2.75, 3.05) is 11.1 Å². The number of pyridine rings is 1. The van der Waals surface area contributed by atoms with Crippen molar-refractivity contribution in [2.24, 2.45) is 0 Å². The minimum atomic E-state index is -4.54. The largest absolute Gasteiger partial charge is 0.416 e. The molecule has 1 amide bonds. The van der Waals surface area contributed by atoms with E-state index in [1.165, 1.54) is 0 Å².